The molecule has 1 aliphatic rings. The highest BCUT2D eigenvalue weighted by Gasteiger charge is 2.51. The number of para-hydroxylation sites is 1. The van der Waals surface area contributed by atoms with E-state index in [1.165, 1.54) is 0 Å². The van der Waals surface area contributed by atoms with Crippen molar-refractivity contribution in [3.05, 3.63) is 60.7 Å². The molecular formula is C21H22BNO2. The summed E-state index contributed by atoms with van der Waals surface area (Å²) in [5.74, 6) is 0. The Kier molecular flexibility index (Phi) is 3.71. The second-order valence-electron chi connectivity index (χ2n) is 7.60. The summed E-state index contributed by atoms with van der Waals surface area (Å²) >= 11 is 0. The predicted molar refractivity (Wildman–Crippen MR) is 103 cm³/mol. The van der Waals surface area contributed by atoms with Crippen molar-refractivity contribution >= 4 is 23.5 Å². The van der Waals surface area contributed by atoms with E-state index in [2.05, 4.69) is 58.0 Å². The highest BCUT2D eigenvalue weighted by atomic mass is 16.7. The zero-order valence-electron chi connectivity index (χ0n) is 15.1. The van der Waals surface area contributed by atoms with Crippen molar-refractivity contribution < 1.29 is 9.31 Å². The number of fused-ring (bicyclic) bond motifs is 1. The lowest BCUT2D eigenvalue weighted by Crippen LogP contribution is -2.41. The quantitative estimate of drug-likeness (QED) is 0.660. The van der Waals surface area contributed by atoms with Gasteiger partial charge in [-0.2, -0.15) is 0 Å². The third kappa shape index (κ3) is 2.86. The monoisotopic (exact) mass is 331 g/mol. The summed E-state index contributed by atoms with van der Waals surface area (Å²) in [5.41, 5.74) is 3.37. The Morgan fingerprint density at radius 3 is 2.28 bits per heavy atom. The van der Waals surface area contributed by atoms with Crippen LogP contribution in [0.15, 0.2) is 60.7 Å². The van der Waals surface area contributed by atoms with E-state index in [0.29, 0.717) is 0 Å². The Morgan fingerprint density at radius 1 is 0.800 bits per heavy atom. The van der Waals surface area contributed by atoms with Gasteiger partial charge in [-0.1, -0.05) is 48.5 Å². The molecule has 3 nitrogen and oxygen atoms in total. The first kappa shape index (κ1) is 16.3. The maximum absolute atomic E-state index is 6.17. The van der Waals surface area contributed by atoms with Crippen LogP contribution in [0.4, 0.5) is 0 Å². The molecule has 0 unspecified atom stereocenters. The Morgan fingerprint density at radius 2 is 1.52 bits per heavy atom. The summed E-state index contributed by atoms with van der Waals surface area (Å²) < 4.78 is 12.3. The van der Waals surface area contributed by atoms with Gasteiger partial charge in [-0.05, 0) is 50.9 Å². The van der Waals surface area contributed by atoms with E-state index in [4.69, 9.17) is 14.3 Å². The Labute approximate surface area is 149 Å². The number of benzene rings is 2. The fraction of sp³-hybridized carbons (Fsp3) is 0.286. The summed E-state index contributed by atoms with van der Waals surface area (Å²) in [6.07, 6.45) is 0. The van der Waals surface area contributed by atoms with Crippen molar-refractivity contribution in [2.24, 2.45) is 0 Å². The maximum atomic E-state index is 6.17. The highest BCUT2D eigenvalue weighted by Crippen LogP contribution is 2.36. The maximum Gasteiger partial charge on any atom is 0.494 e. The van der Waals surface area contributed by atoms with Crippen LogP contribution in [0.1, 0.15) is 27.7 Å². The average Bonchev–Trinajstić information content (AvgIpc) is 2.82. The van der Waals surface area contributed by atoms with Crippen molar-refractivity contribution in [2.75, 3.05) is 0 Å². The van der Waals surface area contributed by atoms with Crippen molar-refractivity contribution in [1.82, 2.24) is 4.98 Å². The highest BCUT2D eigenvalue weighted by molar-refractivity contribution is 6.62. The molecule has 0 bridgehead atoms. The molecule has 0 saturated carbocycles. The van der Waals surface area contributed by atoms with Gasteiger partial charge in [-0.25, -0.2) is 4.98 Å². The Bertz CT molecular complexity index is 920. The van der Waals surface area contributed by atoms with E-state index >= 15 is 0 Å². The van der Waals surface area contributed by atoms with Crippen molar-refractivity contribution in [2.45, 2.75) is 38.9 Å². The minimum absolute atomic E-state index is 0.338. The fourth-order valence-corrected chi connectivity index (χ4v) is 3.05. The predicted octanol–water partition coefficient (Wildman–Crippen LogP) is 4.20. The molecule has 1 aliphatic heterocycles. The molecule has 0 aliphatic carbocycles. The molecule has 0 N–H and O–H groups in total. The normalized spacial score (nSPS) is 18.6. The topological polar surface area (TPSA) is 31.4 Å². The molecule has 1 saturated heterocycles. The molecule has 0 atom stereocenters. The molecule has 2 aromatic carbocycles. The molecular weight excluding hydrogens is 309 g/mol. The van der Waals surface area contributed by atoms with E-state index in [1.807, 2.05) is 30.3 Å². The third-order valence-electron chi connectivity index (χ3n) is 5.31. The van der Waals surface area contributed by atoms with E-state index in [0.717, 1.165) is 27.6 Å². The van der Waals surface area contributed by atoms with Crippen molar-refractivity contribution in [3.63, 3.8) is 0 Å². The van der Waals surface area contributed by atoms with Crippen LogP contribution in [0.25, 0.3) is 22.2 Å². The first-order valence-electron chi connectivity index (χ1n) is 8.67. The van der Waals surface area contributed by atoms with Crippen LogP contribution in [-0.4, -0.2) is 23.3 Å². The number of nitrogens with zero attached hydrogens (tertiary/aromatic N) is 1. The van der Waals surface area contributed by atoms with E-state index in [1.54, 1.807) is 0 Å². The van der Waals surface area contributed by atoms with Gasteiger partial charge in [-0.3, -0.25) is 0 Å². The Balaban J connectivity index is 1.70. The van der Waals surface area contributed by atoms with Gasteiger partial charge in [0.15, 0.2) is 0 Å². The van der Waals surface area contributed by atoms with Gasteiger partial charge in [-0.15, -0.1) is 0 Å². The zero-order chi connectivity index (χ0) is 17.7. The SMILES string of the molecule is CC1(C)OB(c2cccc(-c3ccc4ccccc4n3)c2)OC1(C)C. The smallest absolute Gasteiger partial charge is 0.399 e. The number of hydrogen-bond acceptors (Lipinski definition) is 3. The third-order valence-corrected chi connectivity index (χ3v) is 5.31. The van der Waals surface area contributed by atoms with Gasteiger partial charge in [0, 0.05) is 5.39 Å². The molecule has 0 radical (unpaired) electrons. The van der Waals surface area contributed by atoms with Crippen molar-refractivity contribution in [3.8, 4) is 11.3 Å². The molecule has 0 amide bonds. The van der Waals surface area contributed by atoms with Crippen LogP contribution in [0.2, 0.25) is 0 Å². The van der Waals surface area contributed by atoms with Gasteiger partial charge in [0.1, 0.15) is 0 Å². The van der Waals surface area contributed by atoms with Gasteiger partial charge in [0.25, 0.3) is 0 Å². The van der Waals surface area contributed by atoms with Crippen LogP contribution in [0.3, 0.4) is 0 Å². The van der Waals surface area contributed by atoms with Crippen LogP contribution in [0, 0.1) is 0 Å². The second-order valence-corrected chi connectivity index (χ2v) is 7.60. The molecule has 25 heavy (non-hydrogen) atoms. The molecule has 126 valence electrons. The lowest BCUT2D eigenvalue weighted by Gasteiger charge is -2.32. The average molecular weight is 331 g/mol. The van der Waals surface area contributed by atoms with Crippen LogP contribution in [-0.2, 0) is 9.31 Å². The number of hydrogen-bond donors (Lipinski definition) is 0. The second kappa shape index (κ2) is 5.68. The first-order chi connectivity index (χ1) is 11.9. The molecule has 1 fully saturated rings. The largest absolute Gasteiger partial charge is 0.494 e. The van der Waals surface area contributed by atoms with E-state index < -0.39 is 0 Å². The lowest BCUT2D eigenvalue weighted by atomic mass is 9.78. The van der Waals surface area contributed by atoms with Crippen molar-refractivity contribution in [1.29, 1.82) is 0 Å². The number of pyridine rings is 1. The summed E-state index contributed by atoms with van der Waals surface area (Å²) in [5, 5.41) is 1.15. The van der Waals surface area contributed by atoms with Gasteiger partial charge in [0.05, 0.1) is 22.4 Å². The number of aromatic nitrogens is 1. The first-order valence-corrected chi connectivity index (χ1v) is 8.67. The lowest BCUT2D eigenvalue weighted by molar-refractivity contribution is 0.00578. The minimum Gasteiger partial charge on any atom is -0.399 e. The molecule has 2 heterocycles. The summed E-state index contributed by atoms with van der Waals surface area (Å²) in [4.78, 5) is 4.79. The summed E-state index contributed by atoms with van der Waals surface area (Å²) in [6, 6.07) is 20.6. The number of rotatable bonds is 2. The minimum atomic E-state index is -0.356. The standard InChI is InChI=1S/C21H22BNO2/c1-20(2)21(3,4)25-22(24-20)17-10-7-9-16(14-17)19-13-12-15-8-5-6-11-18(15)23-19/h5-14H,1-4H3. The molecule has 0 spiro atoms. The molecule has 1 aromatic heterocycles. The summed E-state index contributed by atoms with van der Waals surface area (Å²) in [7, 11) is -0.356. The van der Waals surface area contributed by atoms with E-state index in [-0.39, 0.29) is 18.3 Å². The molecule has 4 rings (SSSR count). The van der Waals surface area contributed by atoms with Crippen LogP contribution >= 0.6 is 0 Å². The van der Waals surface area contributed by atoms with Gasteiger partial charge >= 0.3 is 7.12 Å². The summed E-state index contributed by atoms with van der Waals surface area (Å²) in [6.45, 7) is 8.28. The Hall–Kier alpha value is -2.17. The fourth-order valence-electron chi connectivity index (χ4n) is 3.05. The van der Waals surface area contributed by atoms with E-state index in [9.17, 15) is 0 Å². The van der Waals surface area contributed by atoms with Gasteiger partial charge in [0.2, 0.25) is 0 Å². The van der Waals surface area contributed by atoms with Crippen LogP contribution < -0.4 is 5.46 Å². The molecule has 3 aromatic rings. The molecule has 4 heteroatoms. The van der Waals surface area contributed by atoms with Gasteiger partial charge < -0.3 is 9.31 Å². The zero-order valence-corrected chi connectivity index (χ0v) is 15.1. The van der Waals surface area contributed by atoms with Crippen LogP contribution in [0.5, 0.6) is 0 Å².